The maximum absolute atomic E-state index is 5.67. The molecular weight excluding hydrogens is 394 g/mol. The predicted octanol–water partition coefficient (Wildman–Crippen LogP) is 4.23. The van der Waals surface area contributed by atoms with E-state index >= 15 is 0 Å². The van der Waals surface area contributed by atoms with Gasteiger partial charge in [0.25, 0.3) is 0 Å². The molecule has 2 aromatic carbocycles. The molecule has 0 unspecified atom stereocenters. The van der Waals surface area contributed by atoms with Gasteiger partial charge in [0.15, 0.2) is 5.96 Å². The van der Waals surface area contributed by atoms with Crippen LogP contribution >= 0.6 is 11.8 Å². The number of thioether (sulfide) groups is 1. The summed E-state index contributed by atoms with van der Waals surface area (Å²) in [4.78, 5) is 5.72. The van der Waals surface area contributed by atoms with E-state index in [0.29, 0.717) is 19.8 Å². The SMILES string of the molecule is CCOCCOCc1cccc(CNC(=NC)NCC2(Sc3ccccc3)CC2)c1. The van der Waals surface area contributed by atoms with Crippen LogP contribution < -0.4 is 10.6 Å². The lowest BCUT2D eigenvalue weighted by Gasteiger charge is -2.18. The van der Waals surface area contributed by atoms with Gasteiger partial charge in [-0.3, -0.25) is 4.99 Å². The van der Waals surface area contributed by atoms with E-state index in [9.17, 15) is 0 Å². The summed E-state index contributed by atoms with van der Waals surface area (Å²) in [6.07, 6.45) is 2.48. The molecule has 2 N–H and O–H groups in total. The molecule has 30 heavy (non-hydrogen) atoms. The molecule has 6 heteroatoms. The summed E-state index contributed by atoms with van der Waals surface area (Å²) < 4.78 is 11.3. The molecular formula is C24H33N3O2S. The van der Waals surface area contributed by atoms with E-state index in [4.69, 9.17) is 9.47 Å². The zero-order valence-corrected chi connectivity index (χ0v) is 18.8. The highest BCUT2D eigenvalue weighted by Gasteiger charge is 2.43. The van der Waals surface area contributed by atoms with Gasteiger partial charge in [-0.15, -0.1) is 11.8 Å². The molecule has 0 atom stereocenters. The Balaban J connectivity index is 1.41. The Morgan fingerprint density at radius 2 is 1.77 bits per heavy atom. The van der Waals surface area contributed by atoms with Crippen molar-refractivity contribution in [2.24, 2.45) is 4.99 Å². The van der Waals surface area contributed by atoms with Gasteiger partial charge in [0.1, 0.15) is 0 Å². The lowest BCUT2D eigenvalue weighted by molar-refractivity contribution is 0.0453. The molecule has 1 aliphatic rings. The molecule has 1 fully saturated rings. The number of aliphatic imine (C=N–C) groups is 1. The van der Waals surface area contributed by atoms with E-state index in [1.54, 1.807) is 0 Å². The Bertz CT molecular complexity index is 794. The Labute approximate surface area is 184 Å². The van der Waals surface area contributed by atoms with Gasteiger partial charge in [0.05, 0.1) is 19.8 Å². The minimum Gasteiger partial charge on any atom is -0.379 e. The molecule has 0 aliphatic heterocycles. The quantitative estimate of drug-likeness (QED) is 0.302. The fourth-order valence-corrected chi connectivity index (χ4v) is 4.37. The molecule has 162 valence electrons. The van der Waals surface area contributed by atoms with E-state index in [2.05, 4.69) is 70.2 Å². The van der Waals surface area contributed by atoms with Gasteiger partial charge in [-0.1, -0.05) is 42.5 Å². The van der Waals surface area contributed by atoms with Gasteiger partial charge in [-0.2, -0.15) is 0 Å². The van der Waals surface area contributed by atoms with E-state index in [0.717, 1.165) is 25.7 Å². The molecule has 0 saturated heterocycles. The number of nitrogens with zero attached hydrogens (tertiary/aromatic N) is 1. The van der Waals surface area contributed by atoms with Gasteiger partial charge in [-0.05, 0) is 43.0 Å². The zero-order chi connectivity index (χ0) is 21.1. The summed E-state index contributed by atoms with van der Waals surface area (Å²) in [5.41, 5.74) is 2.38. The minimum atomic E-state index is 0.289. The predicted molar refractivity (Wildman–Crippen MR) is 125 cm³/mol. The number of benzene rings is 2. The summed E-state index contributed by atoms with van der Waals surface area (Å²) in [5, 5.41) is 6.94. The summed E-state index contributed by atoms with van der Waals surface area (Å²) in [6, 6.07) is 19.1. The summed E-state index contributed by atoms with van der Waals surface area (Å²) in [5.74, 6) is 0.841. The average Bonchev–Trinajstić information content (AvgIpc) is 3.54. The maximum atomic E-state index is 5.67. The molecule has 0 spiro atoms. The van der Waals surface area contributed by atoms with Crippen LogP contribution in [-0.4, -0.2) is 44.1 Å². The highest BCUT2D eigenvalue weighted by atomic mass is 32.2. The second kappa shape index (κ2) is 12.0. The minimum absolute atomic E-state index is 0.289. The fourth-order valence-electron chi connectivity index (χ4n) is 3.13. The molecule has 5 nitrogen and oxygen atoms in total. The highest BCUT2D eigenvalue weighted by Crippen LogP contribution is 2.51. The number of rotatable bonds is 12. The van der Waals surface area contributed by atoms with Crippen LogP contribution in [0.2, 0.25) is 0 Å². The molecule has 0 bridgehead atoms. The van der Waals surface area contributed by atoms with Crippen LogP contribution in [0.15, 0.2) is 64.5 Å². The first-order valence-electron chi connectivity index (χ1n) is 10.6. The fraction of sp³-hybridized carbons (Fsp3) is 0.458. The van der Waals surface area contributed by atoms with E-state index in [1.165, 1.54) is 28.9 Å². The lowest BCUT2D eigenvalue weighted by Crippen LogP contribution is -2.40. The van der Waals surface area contributed by atoms with Crippen molar-refractivity contribution in [3.63, 3.8) is 0 Å². The van der Waals surface area contributed by atoms with Crippen molar-refractivity contribution in [3.8, 4) is 0 Å². The Morgan fingerprint density at radius 3 is 2.50 bits per heavy atom. The average molecular weight is 428 g/mol. The van der Waals surface area contributed by atoms with Gasteiger partial charge in [0.2, 0.25) is 0 Å². The van der Waals surface area contributed by atoms with Gasteiger partial charge >= 0.3 is 0 Å². The zero-order valence-electron chi connectivity index (χ0n) is 18.0. The van der Waals surface area contributed by atoms with Crippen molar-refractivity contribution in [1.82, 2.24) is 10.6 Å². The third kappa shape index (κ3) is 7.67. The van der Waals surface area contributed by atoms with Crippen LogP contribution in [0.3, 0.4) is 0 Å². The maximum Gasteiger partial charge on any atom is 0.191 e. The van der Waals surface area contributed by atoms with E-state index in [-0.39, 0.29) is 4.75 Å². The highest BCUT2D eigenvalue weighted by molar-refractivity contribution is 8.01. The van der Waals surface area contributed by atoms with Crippen LogP contribution in [-0.2, 0) is 22.6 Å². The first-order chi connectivity index (χ1) is 14.7. The number of nitrogens with one attached hydrogen (secondary N) is 2. The standard InChI is InChI=1S/C24H33N3O2S/c1-3-28-14-15-29-18-21-9-7-8-20(16-21)17-26-23(25-2)27-19-24(12-13-24)30-22-10-5-4-6-11-22/h4-11,16H,3,12-15,17-19H2,1-2H3,(H2,25,26,27). The van der Waals surface area contributed by atoms with E-state index < -0.39 is 0 Å². The van der Waals surface area contributed by atoms with Gasteiger partial charge in [0, 0.05) is 36.4 Å². The number of ether oxygens (including phenoxy) is 2. The molecule has 1 aliphatic carbocycles. The molecule has 0 radical (unpaired) electrons. The monoisotopic (exact) mass is 427 g/mol. The van der Waals surface area contributed by atoms with Crippen LogP contribution in [0, 0.1) is 0 Å². The molecule has 3 rings (SSSR count). The molecule has 2 aromatic rings. The first-order valence-corrected chi connectivity index (χ1v) is 11.5. The Kier molecular flexibility index (Phi) is 9.05. The lowest BCUT2D eigenvalue weighted by atomic mass is 10.1. The third-order valence-electron chi connectivity index (χ3n) is 4.98. The molecule has 0 aromatic heterocycles. The second-order valence-corrected chi connectivity index (χ2v) is 8.99. The largest absolute Gasteiger partial charge is 0.379 e. The van der Waals surface area contributed by atoms with Crippen LogP contribution in [0.1, 0.15) is 30.9 Å². The van der Waals surface area contributed by atoms with Crippen molar-refractivity contribution >= 4 is 17.7 Å². The van der Waals surface area contributed by atoms with Gasteiger partial charge in [-0.25, -0.2) is 0 Å². The summed E-state index contributed by atoms with van der Waals surface area (Å²) in [7, 11) is 1.82. The molecule has 1 saturated carbocycles. The van der Waals surface area contributed by atoms with E-state index in [1.807, 2.05) is 25.7 Å². The van der Waals surface area contributed by atoms with Crippen molar-refractivity contribution in [2.45, 2.75) is 42.6 Å². The van der Waals surface area contributed by atoms with Crippen LogP contribution in [0.4, 0.5) is 0 Å². The Hall–Kier alpha value is -2.02. The van der Waals surface area contributed by atoms with Crippen molar-refractivity contribution in [1.29, 1.82) is 0 Å². The third-order valence-corrected chi connectivity index (χ3v) is 6.48. The summed E-state index contributed by atoms with van der Waals surface area (Å²) >= 11 is 1.97. The van der Waals surface area contributed by atoms with Crippen LogP contribution in [0.25, 0.3) is 0 Å². The first kappa shape index (κ1) is 22.7. The topological polar surface area (TPSA) is 54.9 Å². The van der Waals surface area contributed by atoms with Crippen molar-refractivity contribution < 1.29 is 9.47 Å². The van der Waals surface area contributed by atoms with Crippen molar-refractivity contribution in [3.05, 3.63) is 65.7 Å². The van der Waals surface area contributed by atoms with Crippen LogP contribution in [0.5, 0.6) is 0 Å². The number of guanidine groups is 1. The second-order valence-electron chi connectivity index (χ2n) is 7.45. The molecule has 0 amide bonds. The Morgan fingerprint density at radius 1 is 1.00 bits per heavy atom. The molecule has 0 heterocycles. The van der Waals surface area contributed by atoms with Crippen molar-refractivity contribution in [2.75, 3.05) is 33.4 Å². The summed E-state index contributed by atoms with van der Waals surface area (Å²) in [6.45, 7) is 6.23. The smallest absolute Gasteiger partial charge is 0.191 e. The number of hydrogen-bond donors (Lipinski definition) is 2. The number of hydrogen-bond acceptors (Lipinski definition) is 4. The van der Waals surface area contributed by atoms with Gasteiger partial charge < -0.3 is 20.1 Å². The normalized spacial score (nSPS) is 15.1.